The first-order valence-corrected chi connectivity index (χ1v) is 8.86. The molecular weight excluding hydrogens is 358 g/mol. The Labute approximate surface area is 161 Å². The van der Waals surface area contributed by atoms with E-state index in [0.717, 1.165) is 0 Å². The van der Waals surface area contributed by atoms with Gasteiger partial charge >= 0.3 is 5.97 Å². The van der Waals surface area contributed by atoms with Gasteiger partial charge in [0.2, 0.25) is 0 Å². The Morgan fingerprint density at radius 3 is 2.39 bits per heavy atom. The summed E-state index contributed by atoms with van der Waals surface area (Å²) in [6, 6.07) is 11.7. The van der Waals surface area contributed by atoms with E-state index >= 15 is 0 Å². The lowest BCUT2D eigenvalue weighted by atomic mass is 10.1. The molecule has 28 heavy (non-hydrogen) atoms. The van der Waals surface area contributed by atoms with Crippen molar-refractivity contribution in [2.75, 3.05) is 12.4 Å². The number of nitrogens with zero attached hydrogens (tertiary/aromatic N) is 2. The molecule has 0 saturated carbocycles. The number of hydrogen-bond donors (Lipinski definition) is 1. The van der Waals surface area contributed by atoms with Gasteiger partial charge in [-0.25, -0.2) is 9.48 Å². The Morgan fingerprint density at radius 1 is 1.07 bits per heavy atom. The summed E-state index contributed by atoms with van der Waals surface area (Å²) in [5, 5.41) is 8.00. The Bertz CT molecular complexity index is 1130. The number of nitrogens with one attached hydrogen (secondary N) is 1. The maximum atomic E-state index is 13.0. The SMILES string of the molecule is COC(=O)c1cccc(NC(=O)c2nn(C(C)C)c(=O)c3ccccc23)c1C. The van der Waals surface area contributed by atoms with Gasteiger partial charge in [-0.05, 0) is 44.5 Å². The van der Waals surface area contributed by atoms with Crippen molar-refractivity contribution in [3.8, 4) is 0 Å². The Kier molecular flexibility index (Phi) is 5.26. The number of methoxy groups -OCH3 is 1. The van der Waals surface area contributed by atoms with Gasteiger partial charge in [-0.15, -0.1) is 0 Å². The Balaban J connectivity index is 2.09. The number of hydrogen-bond acceptors (Lipinski definition) is 5. The number of esters is 1. The third-order valence-corrected chi connectivity index (χ3v) is 4.52. The molecule has 3 aromatic rings. The van der Waals surface area contributed by atoms with E-state index in [1.54, 1.807) is 49.4 Å². The predicted octanol–water partition coefficient (Wildman–Crippen LogP) is 3.32. The number of aromatic nitrogens is 2. The first kappa shape index (κ1) is 19.3. The number of anilines is 1. The molecule has 0 aliphatic heterocycles. The molecule has 0 spiro atoms. The van der Waals surface area contributed by atoms with E-state index in [0.29, 0.717) is 27.6 Å². The average molecular weight is 379 g/mol. The molecule has 0 aliphatic rings. The van der Waals surface area contributed by atoms with Gasteiger partial charge in [0.25, 0.3) is 11.5 Å². The molecule has 2 aromatic carbocycles. The normalized spacial score (nSPS) is 10.9. The molecule has 0 aliphatic carbocycles. The lowest BCUT2D eigenvalue weighted by Gasteiger charge is -2.15. The van der Waals surface area contributed by atoms with Gasteiger partial charge in [-0.3, -0.25) is 9.59 Å². The maximum Gasteiger partial charge on any atom is 0.338 e. The number of carbonyl (C=O) groups is 2. The van der Waals surface area contributed by atoms with Crippen LogP contribution in [0.4, 0.5) is 5.69 Å². The van der Waals surface area contributed by atoms with Crippen molar-refractivity contribution < 1.29 is 14.3 Å². The van der Waals surface area contributed by atoms with Crippen molar-refractivity contribution in [3.63, 3.8) is 0 Å². The summed E-state index contributed by atoms with van der Waals surface area (Å²) in [7, 11) is 1.30. The first-order valence-electron chi connectivity index (χ1n) is 8.86. The fourth-order valence-electron chi connectivity index (χ4n) is 3.01. The van der Waals surface area contributed by atoms with E-state index < -0.39 is 11.9 Å². The molecule has 1 heterocycles. The summed E-state index contributed by atoms with van der Waals surface area (Å²) in [5.41, 5.74) is 1.33. The molecule has 0 atom stereocenters. The standard InChI is InChI=1S/C21H21N3O4/c1-12(2)24-20(26)16-9-6-5-8-15(16)18(23-24)19(25)22-17-11-7-10-14(13(17)3)21(27)28-4/h5-12H,1-4H3,(H,22,25). The van der Waals surface area contributed by atoms with Crippen LogP contribution in [0.15, 0.2) is 47.3 Å². The van der Waals surface area contributed by atoms with E-state index in [1.807, 2.05) is 13.8 Å². The Morgan fingerprint density at radius 2 is 1.75 bits per heavy atom. The summed E-state index contributed by atoms with van der Waals surface area (Å²) in [6.45, 7) is 5.38. The molecule has 0 radical (unpaired) electrons. The molecule has 0 bridgehead atoms. The van der Waals surface area contributed by atoms with Crippen molar-refractivity contribution in [2.24, 2.45) is 0 Å². The second-order valence-corrected chi connectivity index (χ2v) is 6.66. The molecule has 3 rings (SSSR count). The third-order valence-electron chi connectivity index (χ3n) is 4.52. The van der Waals surface area contributed by atoms with Crippen molar-refractivity contribution in [3.05, 3.63) is 69.6 Å². The predicted molar refractivity (Wildman–Crippen MR) is 107 cm³/mol. The third kappa shape index (κ3) is 3.38. The maximum absolute atomic E-state index is 13.0. The van der Waals surface area contributed by atoms with Gasteiger partial charge in [0.15, 0.2) is 5.69 Å². The zero-order valence-electron chi connectivity index (χ0n) is 16.1. The molecule has 1 aromatic heterocycles. The molecule has 0 fully saturated rings. The van der Waals surface area contributed by atoms with Crippen LogP contribution in [0.1, 0.15) is 46.3 Å². The van der Waals surface area contributed by atoms with Crippen LogP contribution in [0.2, 0.25) is 0 Å². The highest BCUT2D eigenvalue weighted by atomic mass is 16.5. The molecule has 1 amide bonds. The number of rotatable bonds is 4. The van der Waals surface area contributed by atoms with Crippen LogP contribution in [-0.4, -0.2) is 28.8 Å². The monoisotopic (exact) mass is 379 g/mol. The first-order chi connectivity index (χ1) is 13.3. The summed E-state index contributed by atoms with van der Waals surface area (Å²) in [4.78, 5) is 37.5. The van der Waals surface area contributed by atoms with E-state index in [9.17, 15) is 14.4 Å². The van der Waals surface area contributed by atoms with Crippen molar-refractivity contribution in [1.82, 2.24) is 9.78 Å². The van der Waals surface area contributed by atoms with Gasteiger partial charge in [0.05, 0.1) is 24.1 Å². The van der Waals surface area contributed by atoms with Crippen LogP contribution in [0.25, 0.3) is 10.8 Å². The summed E-state index contributed by atoms with van der Waals surface area (Å²) in [6.07, 6.45) is 0. The summed E-state index contributed by atoms with van der Waals surface area (Å²) < 4.78 is 6.07. The molecule has 7 nitrogen and oxygen atoms in total. The summed E-state index contributed by atoms with van der Waals surface area (Å²) in [5.74, 6) is -0.943. The van der Waals surface area contributed by atoms with Crippen LogP contribution < -0.4 is 10.9 Å². The highest BCUT2D eigenvalue weighted by Crippen LogP contribution is 2.22. The minimum atomic E-state index is -0.481. The topological polar surface area (TPSA) is 90.3 Å². The van der Waals surface area contributed by atoms with Gasteiger partial charge in [0, 0.05) is 11.1 Å². The fourth-order valence-corrected chi connectivity index (χ4v) is 3.01. The van der Waals surface area contributed by atoms with Crippen LogP contribution in [0.5, 0.6) is 0 Å². The Hall–Kier alpha value is -3.48. The second kappa shape index (κ2) is 7.64. The minimum Gasteiger partial charge on any atom is -0.465 e. The number of carbonyl (C=O) groups excluding carboxylic acids is 2. The van der Waals surface area contributed by atoms with E-state index in [2.05, 4.69) is 10.4 Å². The van der Waals surface area contributed by atoms with Crippen molar-refractivity contribution in [1.29, 1.82) is 0 Å². The van der Waals surface area contributed by atoms with Crippen LogP contribution in [0, 0.1) is 6.92 Å². The van der Waals surface area contributed by atoms with E-state index in [4.69, 9.17) is 4.74 Å². The summed E-state index contributed by atoms with van der Waals surface area (Å²) >= 11 is 0. The van der Waals surface area contributed by atoms with Gasteiger partial charge < -0.3 is 10.1 Å². The van der Waals surface area contributed by atoms with Gasteiger partial charge in [-0.1, -0.05) is 24.3 Å². The van der Waals surface area contributed by atoms with Crippen LogP contribution in [-0.2, 0) is 4.74 Å². The lowest BCUT2D eigenvalue weighted by Crippen LogP contribution is -2.29. The van der Waals surface area contributed by atoms with Crippen molar-refractivity contribution >= 4 is 28.3 Å². The molecular formula is C21H21N3O4. The highest BCUT2D eigenvalue weighted by molar-refractivity contribution is 6.11. The second-order valence-electron chi connectivity index (χ2n) is 6.66. The smallest absolute Gasteiger partial charge is 0.338 e. The van der Waals surface area contributed by atoms with Crippen LogP contribution >= 0.6 is 0 Å². The highest BCUT2D eigenvalue weighted by Gasteiger charge is 2.19. The molecule has 1 N–H and O–H groups in total. The average Bonchev–Trinajstić information content (AvgIpc) is 2.69. The van der Waals surface area contributed by atoms with E-state index in [-0.39, 0.29) is 17.3 Å². The lowest BCUT2D eigenvalue weighted by molar-refractivity contribution is 0.0599. The van der Waals surface area contributed by atoms with Gasteiger partial charge in [0.1, 0.15) is 0 Å². The fraction of sp³-hybridized carbons (Fsp3) is 0.238. The largest absolute Gasteiger partial charge is 0.465 e. The van der Waals surface area contributed by atoms with Gasteiger partial charge in [-0.2, -0.15) is 5.10 Å². The van der Waals surface area contributed by atoms with Crippen LogP contribution in [0.3, 0.4) is 0 Å². The molecule has 7 heteroatoms. The number of amides is 1. The minimum absolute atomic E-state index is 0.145. The molecule has 144 valence electrons. The zero-order chi connectivity index (χ0) is 20.4. The molecule has 0 saturated heterocycles. The zero-order valence-corrected chi connectivity index (χ0v) is 16.1. The van der Waals surface area contributed by atoms with E-state index in [1.165, 1.54) is 11.8 Å². The number of benzene rings is 2. The van der Waals surface area contributed by atoms with Crippen molar-refractivity contribution in [2.45, 2.75) is 26.8 Å². The number of fused-ring (bicyclic) bond motifs is 1. The number of ether oxygens (including phenoxy) is 1. The molecule has 0 unspecified atom stereocenters. The quantitative estimate of drug-likeness (QED) is 0.702.